The number of anilines is 1. The molecule has 0 aromatic carbocycles. The molecule has 0 spiro atoms. The van der Waals surface area contributed by atoms with E-state index >= 15 is 0 Å². The van der Waals surface area contributed by atoms with Crippen LogP contribution in [0.4, 0.5) is 5.82 Å². The number of aliphatic hydroxyl groups is 1. The lowest BCUT2D eigenvalue weighted by atomic mass is 9.99. The zero-order valence-corrected chi connectivity index (χ0v) is 11.6. The monoisotopic (exact) mass is 278 g/mol. The maximum absolute atomic E-state index is 11.1. The van der Waals surface area contributed by atoms with Gasteiger partial charge in [-0.3, -0.25) is 4.79 Å². The van der Waals surface area contributed by atoms with E-state index in [0.717, 1.165) is 39.0 Å². The van der Waals surface area contributed by atoms with Gasteiger partial charge in [0.15, 0.2) is 0 Å². The van der Waals surface area contributed by atoms with Crippen molar-refractivity contribution in [3.05, 3.63) is 23.9 Å². The summed E-state index contributed by atoms with van der Waals surface area (Å²) in [6, 6.07) is 3.26. The Hall–Kier alpha value is -1.66. The minimum absolute atomic E-state index is 0.270. The van der Waals surface area contributed by atoms with Crippen molar-refractivity contribution in [3.63, 3.8) is 0 Å². The molecule has 20 heavy (non-hydrogen) atoms. The van der Waals surface area contributed by atoms with Crippen LogP contribution in [0.15, 0.2) is 18.3 Å². The summed E-state index contributed by atoms with van der Waals surface area (Å²) in [5.74, 6) is 0.620. The molecule has 1 aromatic heterocycles. The second-order valence-corrected chi connectivity index (χ2v) is 5.21. The summed E-state index contributed by atoms with van der Waals surface area (Å²) in [6.45, 7) is 3.96. The Morgan fingerprint density at radius 3 is 3.20 bits per heavy atom. The summed E-state index contributed by atoms with van der Waals surface area (Å²) in [7, 11) is 0. The molecular formula is C14H22N4O2. The van der Waals surface area contributed by atoms with Crippen LogP contribution in [0.1, 0.15) is 23.2 Å². The smallest absolute Gasteiger partial charge is 0.248 e. The fourth-order valence-corrected chi connectivity index (χ4v) is 2.53. The highest BCUT2D eigenvalue weighted by atomic mass is 16.3. The van der Waals surface area contributed by atoms with E-state index in [4.69, 9.17) is 5.73 Å². The van der Waals surface area contributed by atoms with Gasteiger partial charge in [0.25, 0.3) is 0 Å². The Balaban J connectivity index is 1.78. The van der Waals surface area contributed by atoms with Gasteiger partial charge in [-0.2, -0.15) is 0 Å². The summed E-state index contributed by atoms with van der Waals surface area (Å²) in [5.41, 5.74) is 5.69. The number of aliphatic hydroxyl groups excluding tert-OH is 1. The van der Waals surface area contributed by atoms with Gasteiger partial charge >= 0.3 is 0 Å². The van der Waals surface area contributed by atoms with Crippen molar-refractivity contribution in [2.75, 3.05) is 38.1 Å². The molecule has 2 rings (SSSR count). The number of carbonyl (C=O) groups excluding carboxylic acids is 1. The number of hydrogen-bond acceptors (Lipinski definition) is 5. The predicted molar refractivity (Wildman–Crippen MR) is 77.5 cm³/mol. The molecule has 1 aliphatic rings. The number of piperidine rings is 1. The van der Waals surface area contributed by atoms with Crippen molar-refractivity contribution < 1.29 is 9.90 Å². The van der Waals surface area contributed by atoms with E-state index in [1.165, 1.54) is 0 Å². The normalized spacial score (nSPS) is 19.8. The number of primary amides is 1. The van der Waals surface area contributed by atoms with Crippen LogP contribution in [0.2, 0.25) is 0 Å². The van der Waals surface area contributed by atoms with E-state index in [2.05, 4.69) is 15.2 Å². The topological polar surface area (TPSA) is 91.5 Å². The molecule has 1 unspecified atom stereocenters. The van der Waals surface area contributed by atoms with Gasteiger partial charge in [0, 0.05) is 38.0 Å². The van der Waals surface area contributed by atoms with Gasteiger partial charge in [-0.15, -0.1) is 0 Å². The fraction of sp³-hybridized carbons (Fsp3) is 0.571. The third kappa shape index (κ3) is 4.18. The summed E-state index contributed by atoms with van der Waals surface area (Å²) in [5, 5.41) is 12.4. The molecule has 6 nitrogen and oxygen atoms in total. The molecule has 1 atom stereocenters. The number of nitrogens with two attached hydrogens (primary N) is 1. The number of carbonyl (C=O) groups is 1. The minimum Gasteiger partial charge on any atom is -0.396 e. The summed E-state index contributed by atoms with van der Waals surface area (Å²) < 4.78 is 0. The van der Waals surface area contributed by atoms with Crippen LogP contribution in [0.3, 0.4) is 0 Å². The number of rotatable bonds is 6. The van der Waals surface area contributed by atoms with Crippen molar-refractivity contribution in [3.8, 4) is 0 Å². The van der Waals surface area contributed by atoms with Gasteiger partial charge in [0.1, 0.15) is 5.82 Å². The van der Waals surface area contributed by atoms with Gasteiger partial charge in [0.2, 0.25) is 5.91 Å². The average molecular weight is 278 g/mol. The average Bonchev–Trinajstić information content (AvgIpc) is 2.48. The Labute approximate surface area is 119 Å². The second kappa shape index (κ2) is 7.21. The highest BCUT2D eigenvalue weighted by molar-refractivity contribution is 5.93. The molecule has 0 bridgehead atoms. The number of hydrogen-bond donors (Lipinski definition) is 3. The number of nitrogens with zero attached hydrogens (tertiary/aromatic N) is 2. The molecule has 4 N–H and O–H groups in total. The summed E-state index contributed by atoms with van der Waals surface area (Å²) in [6.07, 6.45) is 3.83. The lowest BCUT2D eigenvalue weighted by Gasteiger charge is -2.31. The van der Waals surface area contributed by atoms with E-state index in [9.17, 15) is 9.90 Å². The third-order valence-corrected chi connectivity index (χ3v) is 3.64. The Morgan fingerprint density at radius 2 is 2.45 bits per heavy atom. The summed E-state index contributed by atoms with van der Waals surface area (Å²) >= 11 is 0. The first-order chi connectivity index (χ1) is 9.69. The van der Waals surface area contributed by atoms with E-state index in [1.807, 2.05) is 0 Å². The van der Waals surface area contributed by atoms with Crippen molar-refractivity contribution in [1.82, 2.24) is 9.88 Å². The van der Waals surface area contributed by atoms with E-state index in [1.54, 1.807) is 18.3 Å². The van der Waals surface area contributed by atoms with Crippen LogP contribution in [-0.4, -0.2) is 53.7 Å². The van der Waals surface area contributed by atoms with Crippen LogP contribution >= 0.6 is 0 Å². The molecule has 0 saturated carbocycles. The van der Waals surface area contributed by atoms with Gasteiger partial charge in [-0.05, 0) is 37.4 Å². The lowest BCUT2D eigenvalue weighted by Crippen LogP contribution is -2.39. The highest BCUT2D eigenvalue weighted by Gasteiger charge is 2.18. The molecule has 110 valence electrons. The van der Waals surface area contributed by atoms with E-state index in [-0.39, 0.29) is 6.61 Å². The maximum atomic E-state index is 11.1. The molecule has 6 heteroatoms. The SMILES string of the molecule is NC(=O)c1ccnc(NCCN2CCCC(CO)C2)c1. The van der Waals surface area contributed by atoms with Crippen LogP contribution in [0.25, 0.3) is 0 Å². The van der Waals surface area contributed by atoms with Crippen molar-refractivity contribution >= 4 is 11.7 Å². The van der Waals surface area contributed by atoms with Crippen molar-refractivity contribution in [1.29, 1.82) is 0 Å². The first-order valence-corrected chi connectivity index (χ1v) is 7.02. The molecule has 1 aliphatic heterocycles. The first kappa shape index (κ1) is 14.7. The van der Waals surface area contributed by atoms with Crippen LogP contribution < -0.4 is 11.1 Å². The Morgan fingerprint density at radius 1 is 1.60 bits per heavy atom. The molecule has 0 aliphatic carbocycles. The standard InChI is InChI=1S/C14H22N4O2/c15-14(20)12-3-4-16-13(8-12)17-5-7-18-6-1-2-11(9-18)10-19/h3-4,8,11,19H,1-2,5-7,9-10H2,(H2,15,20)(H,16,17). The van der Waals surface area contributed by atoms with Gasteiger partial charge in [-0.1, -0.05) is 0 Å². The number of amides is 1. The second-order valence-electron chi connectivity index (χ2n) is 5.21. The van der Waals surface area contributed by atoms with Gasteiger partial charge in [0.05, 0.1) is 0 Å². The molecule has 1 fully saturated rings. The van der Waals surface area contributed by atoms with E-state index in [0.29, 0.717) is 17.3 Å². The Bertz CT molecular complexity index is 453. The molecular weight excluding hydrogens is 256 g/mol. The highest BCUT2D eigenvalue weighted by Crippen LogP contribution is 2.15. The van der Waals surface area contributed by atoms with Gasteiger partial charge in [-0.25, -0.2) is 4.98 Å². The zero-order valence-electron chi connectivity index (χ0n) is 11.6. The molecule has 1 saturated heterocycles. The fourth-order valence-electron chi connectivity index (χ4n) is 2.53. The zero-order chi connectivity index (χ0) is 14.4. The Kier molecular flexibility index (Phi) is 5.31. The van der Waals surface area contributed by atoms with Crippen LogP contribution in [-0.2, 0) is 0 Å². The molecule has 1 amide bonds. The van der Waals surface area contributed by atoms with Crippen LogP contribution in [0.5, 0.6) is 0 Å². The minimum atomic E-state index is -0.447. The molecule has 1 aromatic rings. The predicted octanol–water partition coefficient (Wildman–Crippen LogP) is 0.297. The lowest BCUT2D eigenvalue weighted by molar-refractivity contribution is 0.1000. The number of likely N-dealkylation sites (tertiary alicyclic amines) is 1. The first-order valence-electron chi connectivity index (χ1n) is 7.02. The van der Waals surface area contributed by atoms with Crippen molar-refractivity contribution in [2.45, 2.75) is 12.8 Å². The summed E-state index contributed by atoms with van der Waals surface area (Å²) in [4.78, 5) is 17.6. The quantitative estimate of drug-likeness (QED) is 0.696. The number of aromatic nitrogens is 1. The van der Waals surface area contributed by atoms with E-state index < -0.39 is 5.91 Å². The van der Waals surface area contributed by atoms with Gasteiger partial charge < -0.3 is 21.1 Å². The largest absolute Gasteiger partial charge is 0.396 e. The van der Waals surface area contributed by atoms with Crippen LogP contribution in [0, 0.1) is 5.92 Å². The number of nitrogens with one attached hydrogen (secondary N) is 1. The maximum Gasteiger partial charge on any atom is 0.248 e. The molecule has 2 heterocycles. The third-order valence-electron chi connectivity index (χ3n) is 3.64. The van der Waals surface area contributed by atoms with Crippen molar-refractivity contribution in [2.24, 2.45) is 11.7 Å². The number of pyridine rings is 1. The molecule has 0 radical (unpaired) electrons.